The summed E-state index contributed by atoms with van der Waals surface area (Å²) in [6.07, 6.45) is 1.04. The highest BCUT2D eigenvalue weighted by molar-refractivity contribution is 7.24. The van der Waals surface area contributed by atoms with Gasteiger partial charge in [-0.2, -0.15) is 19.9 Å². The summed E-state index contributed by atoms with van der Waals surface area (Å²) in [6, 6.07) is 109. The van der Waals surface area contributed by atoms with Gasteiger partial charge in [0.15, 0.2) is 23.3 Å². The minimum atomic E-state index is 0.202. The van der Waals surface area contributed by atoms with E-state index in [1.807, 2.05) is 144 Å². The standard InChI is InChI=1S/C41H26N4S.C27H18S.C15H10ClN3/c1-5-15-27(16-6-1)35-32-25-26-34-36(38(32)46-37(35)28-17-7-2-8-18-28)31-23-13-14-24-33(31)45(34)41-43-39(29-19-9-3-10-20-29)42-40(44-41)30-21-11-4-12-22-30;1-3-9-18(10-4-1)24-23-16-15-21-17-20-13-7-8-14-22(20)25(21)27(23)28-26(24)19-11-5-2-6-12-19;16-15-18-13(11-7-3-1-4-8-11)17-14(19-15)12-9-5-2-6-10-12/h1-26H;1-16H,17H2;1-10H. The van der Waals surface area contributed by atoms with Crippen molar-refractivity contribution in [2.45, 2.75) is 6.42 Å². The van der Waals surface area contributed by atoms with Crippen LogP contribution in [-0.4, -0.2) is 34.5 Å². The summed E-state index contributed by atoms with van der Waals surface area (Å²) in [5.74, 6) is 3.05. The van der Waals surface area contributed by atoms with Crippen molar-refractivity contribution in [2.75, 3.05) is 0 Å². The Bertz CT molecular complexity index is 5400. The van der Waals surface area contributed by atoms with E-state index in [1.54, 1.807) is 0 Å². The van der Waals surface area contributed by atoms with Gasteiger partial charge < -0.3 is 0 Å². The molecule has 93 heavy (non-hydrogen) atoms. The van der Waals surface area contributed by atoms with Crippen LogP contribution in [0.1, 0.15) is 11.1 Å². The highest BCUT2D eigenvalue weighted by Gasteiger charge is 2.27. The minimum absolute atomic E-state index is 0.202. The second-order valence-electron chi connectivity index (χ2n) is 22.6. The number of benzene rings is 12. The zero-order valence-corrected chi connectivity index (χ0v) is 52.4. The summed E-state index contributed by atoms with van der Waals surface area (Å²) in [6.45, 7) is 0. The van der Waals surface area contributed by atoms with E-state index in [9.17, 15) is 0 Å². The van der Waals surface area contributed by atoms with Crippen LogP contribution < -0.4 is 0 Å². The molecular weight excluding hydrogens is 1190 g/mol. The molecule has 12 aromatic carbocycles. The van der Waals surface area contributed by atoms with E-state index in [4.69, 9.17) is 26.6 Å². The van der Waals surface area contributed by atoms with Gasteiger partial charge in [0.25, 0.3) is 0 Å². The molecule has 440 valence electrons. The highest BCUT2D eigenvalue weighted by Crippen LogP contribution is 2.52. The van der Waals surface area contributed by atoms with Gasteiger partial charge in [0.2, 0.25) is 11.2 Å². The van der Waals surface area contributed by atoms with Crippen molar-refractivity contribution in [3.63, 3.8) is 0 Å². The van der Waals surface area contributed by atoms with Gasteiger partial charge in [0, 0.05) is 79.6 Å². The molecule has 0 radical (unpaired) electrons. The topological polar surface area (TPSA) is 82.3 Å². The number of nitrogens with zero attached hydrogens (tertiary/aromatic N) is 7. The van der Waals surface area contributed by atoms with Crippen LogP contribution in [0.15, 0.2) is 315 Å². The van der Waals surface area contributed by atoms with Gasteiger partial charge in [-0.25, -0.2) is 9.97 Å². The second kappa shape index (κ2) is 25.2. The zero-order valence-electron chi connectivity index (χ0n) is 50.1. The third-order valence-corrected chi connectivity index (χ3v) is 19.6. The first kappa shape index (κ1) is 56.9. The maximum Gasteiger partial charge on any atom is 0.238 e. The summed E-state index contributed by atoms with van der Waals surface area (Å²) in [7, 11) is 0. The number of aromatic nitrogens is 7. The normalized spacial score (nSPS) is 11.5. The maximum atomic E-state index is 5.99. The molecule has 18 rings (SSSR count). The largest absolute Gasteiger partial charge is 0.278 e. The zero-order chi connectivity index (χ0) is 62.0. The van der Waals surface area contributed by atoms with E-state index in [1.165, 1.54) is 96.3 Å². The monoisotopic (exact) mass is 1250 g/mol. The third kappa shape index (κ3) is 11.0. The molecule has 1 aliphatic carbocycles. The van der Waals surface area contributed by atoms with Crippen LogP contribution in [0.5, 0.6) is 0 Å². The molecular formula is C83H54ClN7S2. The molecule has 10 heteroatoms. The van der Waals surface area contributed by atoms with E-state index >= 15 is 0 Å². The van der Waals surface area contributed by atoms with Crippen molar-refractivity contribution < 1.29 is 0 Å². The van der Waals surface area contributed by atoms with Gasteiger partial charge in [-0.3, -0.25) is 4.57 Å². The molecule has 5 heterocycles. The number of hydrogen-bond donors (Lipinski definition) is 0. The quantitative estimate of drug-likeness (QED) is 0.143. The molecule has 0 saturated heterocycles. The average Bonchev–Trinajstić information content (AvgIpc) is 1.57. The van der Waals surface area contributed by atoms with Crippen molar-refractivity contribution in [1.82, 2.24) is 34.5 Å². The van der Waals surface area contributed by atoms with Gasteiger partial charge in [0.05, 0.1) is 11.0 Å². The Morgan fingerprint density at radius 2 is 0.656 bits per heavy atom. The molecule has 0 bridgehead atoms. The molecule has 5 aromatic heterocycles. The molecule has 0 atom stereocenters. The first-order valence-electron chi connectivity index (χ1n) is 30.8. The fraction of sp³-hybridized carbons (Fsp3) is 0.0120. The Balaban J connectivity index is 0.000000123. The van der Waals surface area contributed by atoms with Gasteiger partial charge in [-0.1, -0.05) is 303 Å². The number of rotatable bonds is 9. The summed E-state index contributed by atoms with van der Waals surface area (Å²) >= 11 is 9.79. The fourth-order valence-corrected chi connectivity index (χ4v) is 15.6. The van der Waals surface area contributed by atoms with Crippen LogP contribution in [0.3, 0.4) is 0 Å². The number of para-hydroxylation sites is 1. The highest BCUT2D eigenvalue weighted by atomic mass is 35.5. The first-order chi connectivity index (χ1) is 46.1. The lowest BCUT2D eigenvalue weighted by molar-refractivity contribution is 0.953. The lowest BCUT2D eigenvalue weighted by Gasteiger charge is -2.11. The van der Waals surface area contributed by atoms with Gasteiger partial charge in [-0.05, 0) is 69.1 Å². The molecule has 17 aromatic rings. The van der Waals surface area contributed by atoms with Crippen LogP contribution >= 0.6 is 34.3 Å². The van der Waals surface area contributed by atoms with E-state index in [0.717, 1.165) is 39.7 Å². The summed E-state index contributed by atoms with van der Waals surface area (Å²) in [5.41, 5.74) is 19.3. The molecule has 0 spiro atoms. The van der Waals surface area contributed by atoms with E-state index in [0.29, 0.717) is 29.2 Å². The first-order valence-corrected chi connectivity index (χ1v) is 32.8. The van der Waals surface area contributed by atoms with Crippen LogP contribution in [0.4, 0.5) is 0 Å². The van der Waals surface area contributed by atoms with Crippen molar-refractivity contribution in [3.05, 3.63) is 332 Å². The van der Waals surface area contributed by atoms with Crippen LogP contribution in [-0.2, 0) is 6.42 Å². The average molecular weight is 1250 g/mol. The van der Waals surface area contributed by atoms with E-state index < -0.39 is 0 Å². The van der Waals surface area contributed by atoms with Crippen molar-refractivity contribution in [3.8, 4) is 106 Å². The summed E-state index contributed by atoms with van der Waals surface area (Å²) in [4.78, 5) is 30.6. The molecule has 0 N–H and O–H groups in total. The lowest BCUT2D eigenvalue weighted by atomic mass is 9.96. The fourth-order valence-electron chi connectivity index (χ4n) is 12.6. The Morgan fingerprint density at radius 3 is 1.14 bits per heavy atom. The van der Waals surface area contributed by atoms with Crippen LogP contribution in [0.25, 0.3) is 148 Å². The Labute approximate surface area is 551 Å². The van der Waals surface area contributed by atoms with Crippen molar-refractivity contribution in [1.29, 1.82) is 0 Å². The predicted octanol–water partition coefficient (Wildman–Crippen LogP) is 22.5. The number of hydrogen-bond acceptors (Lipinski definition) is 8. The van der Waals surface area contributed by atoms with E-state index in [-0.39, 0.29) is 5.28 Å². The van der Waals surface area contributed by atoms with Crippen molar-refractivity contribution in [2.24, 2.45) is 0 Å². The summed E-state index contributed by atoms with van der Waals surface area (Å²) < 4.78 is 4.88. The van der Waals surface area contributed by atoms with E-state index in [2.05, 4.69) is 214 Å². The number of fused-ring (bicyclic) bond motifs is 10. The smallest absolute Gasteiger partial charge is 0.238 e. The van der Waals surface area contributed by atoms with Gasteiger partial charge >= 0.3 is 0 Å². The number of thiophene rings is 2. The Hall–Kier alpha value is -11.3. The van der Waals surface area contributed by atoms with Crippen LogP contribution in [0.2, 0.25) is 5.28 Å². The third-order valence-electron chi connectivity index (χ3n) is 16.9. The SMILES string of the molecule is Clc1nc(-c2ccccc2)nc(-c2ccccc2)n1.c1ccc(-c2nc(-c3ccccc3)nc(-n3c4ccccc4c4c5sc(-c6ccccc6)c(-c6ccccc6)c5ccc43)n2)cc1.c1ccc(-c2sc3c4c(ccc3c2-c2ccccc2)Cc2ccccc2-4)cc1. The van der Waals surface area contributed by atoms with Crippen molar-refractivity contribution >= 4 is 76.3 Å². The Kier molecular flexibility index (Phi) is 15.4. The second-order valence-corrected chi connectivity index (χ2v) is 25.0. The molecule has 7 nitrogen and oxygen atoms in total. The molecule has 0 fully saturated rings. The van der Waals surface area contributed by atoms with Gasteiger partial charge in [0.1, 0.15) is 0 Å². The maximum absolute atomic E-state index is 5.99. The Morgan fingerprint density at radius 1 is 0.280 bits per heavy atom. The summed E-state index contributed by atoms with van der Waals surface area (Å²) in [5, 5.41) is 5.20. The minimum Gasteiger partial charge on any atom is -0.278 e. The molecule has 0 aliphatic heterocycles. The van der Waals surface area contributed by atoms with Gasteiger partial charge in [-0.15, -0.1) is 22.7 Å². The molecule has 0 amide bonds. The lowest BCUT2D eigenvalue weighted by Crippen LogP contribution is -2.06. The van der Waals surface area contributed by atoms with Crippen LogP contribution in [0, 0.1) is 0 Å². The molecule has 0 saturated carbocycles. The number of halogens is 1. The molecule has 1 aliphatic rings. The molecule has 0 unspecified atom stereocenters. The predicted molar refractivity (Wildman–Crippen MR) is 388 cm³/mol.